The van der Waals surface area contributed by atoms with Crippen molar-refractivity contribution >= 4 is 28.8 Å². The molecule has 1 aromatic heterocycles. The lowest BCUT2D eigenvalue weighted by atomic mass is 10.2. The molecule has 4 nitrogen and oxygen atoms in total. The lowest BCUT2D eigenvalue weighted by Gasteiger charge is -2.16. The number of nitrogens with zero attached hydrogens (tertiary/aromatic N) is 2. The first-order chi connectivity index (χ1) is 12.5. The van der Waals surface area contributed by atoms with Gasteiger partial charge in [0.25, 0.3) is 5.91 Å². The van der Waals surface area contributed by atoms with Crippen LogP contribution in [-0.2, 0) is 0 Å². The average molecular weight is 387 g/mol. The lowest BCUT2D eigenvalue weighted by molar-refractivity contribution is 0.0769. The van der Waals surface area contributed by atoms with E-state index in [-0.39, 0.29) is 5.91 Å². The molecule has 1 heterocycles. The summed E-state index contributed by atoms with van der Waals surface area (Å²) in [7, 11) is 1.75. The van der Waals surface area contributed by atoms with Gasteiger partial charge >= 0.3 is 0 Å². The maximum Gasteiger partial charge on any atom is 0.273 e. The van der Waals surface area contributed by atoms with E-state index in [1.807, 2.05) is 55.5 Å². The van der Waals surface area contributed by atoms with Crippen molar-refractivity contribution in [2.75, 3.05) is 20.2 Å². The van der Waals surface area contributed by atoms with Crippen LogP contribution < -0.4 is 4.74 Å². The molecule has 1 amide bonds. The minimum absolute atomic E-state index is 0.116. The number of aryl methyl sites for hydroxylation is 1. The maximum atomic E-state index is 12.5. The van der Waals surface area contributed by atoms with Crippen LogP contribution in [0.3, 0.4) is 0 Å². The summed E-state index contributed by atoms with van der Waals surface area (Å²) in [6.45, 7) is 2.93. The smallest absolute Gasteiger partial charge is 0.273 e. The molecule has 0 aliphatic heterocycles. The van der Waals surface area contributed by atoms with Crippen LogP contribution in [0.2, 0.25) is 5.02 Å². The molecule has 0 radical (unpaired) electrons. The Labute approximate surface area is 162 Å². The summed E-state index contributed by atoms with van der Waals surface area (Å²) in [6, 6.07) is 15.3. The van der Waals surface area contributed by atoms with Gasteiger partial charge in [-0.2, -0.15) is 0 Å². The van der Waals surface area contributed by atoms with Gasteiger partial charge in [-0.25, -0.2) is 4.98 Å². The number of halogens is 1. The molecule has 0 fully saturated rings. The molecule has 0 bridgehead atoms. The molecule has 26 heavy (non-hydrogen) atoms. The van der Waals surface area contributed by atoms with Crippen LogP contribution in [0.4, 0.5) is 0 Å². The SMILES string of the molecule is Cc1cccc(OCCN(C)C(=O)c2csc(-c3ccc(Cl)cc3)n2)c1. The number of carbonyl (C=O) groups excluding carboxylic acids is 1. The van der Waals surface area contributed by atoms with E-state index >= 15 is 0 Å². The Bertz CT molecular complexity index is 893. The van der Waals surface area contributed by atoms with Crippen molar-refractivity contribution in [3.8, 4) is 16.3 Å². The lowest BCUT2D eigenvalue weighted by Crippen LogP contribution is -2.31. The Morgan fingerprint density at radius 2 is 2.00 bits per heavy atom. The van der Waals surface area contributed by atoms with Gasteiger partial charge in [-0.1, -0.05) is 35.9 Å². The highest BCUT2D eigenvalue weighted by Crippen LogP contribution is 2.25. The first-order valence-corrected chi connectivity index (χ1v) is 9.45. The molecule has 0 atom stereocenters. The highest BCUT2D eigenvalue weighted by molar-refractivity contribution is 7.13. The summed E-state index contributed by atoms with van der Waals surface area (Å²) < 4.78 is 5.71. The third-order valence-electron chi connectivity index (χ3n) is 3.85. The first-order valence-electron chi connectivity index (χ1n) is 8.19. The molecular formula is C20H19ClN2O2S. The fraction of sp³-hybridized carbons (Fsp3) is 0.200. The largest absolute Gasteiger partial charge is 0.492 e. The van der Waals surface area contributed by atoms with Crippen LogP contribution in [0.25, 0.3) is 10.6 Å². The van der Waals surface area contributed by atoms with Crippen molar-refractivity contribution in [1.82, 2.24) is 9.88 Å². The summed E-state index contributed by atoms with van der Waals surface area (Å²) in [5.41, 5.74) is 2.53. The van der Waals surface area contributed by atoms with Crippen molar-refractivity contribution in [2.24, 2.45) is 0 Å². The van der Waals surface area contributed by atoms with E-state index in [1.165, 1.54) is 11.3 Å². The maximum absolute atomic E-state index is 12.5. The van der Waals surface area contributed by atoms with Gasteiger partial charge in [0.1, 0.15) is 23.1 Å². The van der Waals surface area contributed by atoms with Crippen LogP contribution in [0.15, 0.2) is 53.9 Å². The van der Waals surface area contributed by atoms with Crippen molar-refractivity contribution in [3.05, 3.63) is 70.2 Å². The monoisotopic (exact) mass is 386 g/mol. The Morgan fingerprint density at radius 1 is 1.23 bits per heavy atom. The van der Waals surface area contributed by atoms with E-state index in [0.717, 1.165) is 21.9 Å². The molecule has 0 aliphatic carbocycles. The second kappa shape index (κ2) is 8.34. The number of rotatable bonds is 6. The Kier molecular flexibility index (Phi) is 5.91. The quantitative estimate of drug-likeness (QED) is 0.603. The van der Waals surface area contributed by atoms with Crippen molar-refractivity contribution in [1.29, 1.82) is 0 Å². The zero-order valence-corrected chi connectivity index (χ0v) is 16.2. The molecule has 2 aromatic carbocycles. The molecule has 3 rings (SSSR count). The number of amides is 1. The van der Waals surface area contributed by atoms with E-state index in [9.17, 15) is 4.79 Å². The highest BCUT2D eigenvalue weighted by Gasteiger charge is 2.16. The molecule has 0 N–H and O–H groups in total. The fourth-order valence-electron chi connectivity index (χ4n) is 2.40. The van der Waals surface area contributed by atoms with Gasteiger partial charge in [0.05, 0.1) is 6.54 Å². The number of ether oxygens (including phenoxy) is 1. The molecule has 0 saturated carbocycles. The van der Waals surface area contributed by atoms with Crippen LogP contribution in [0.1, 0.15) is 16.1 Å². The van der Waals surface area contributed by atoms with Gasteiger partial charge in [-0.15, -0.1) is 11.3 Å². The minimum atomic E-state index is -0.116. The van der Waals surface area contributed by atoms with E-state index in [0.29, 0.717) is 23.9 Å². The summed E-state index contributed by atoms with van der Waals surface area (Å²) in [5, 5.41) is 3.26. The van der Waals surface area contributed by atoms with E-state index in [1.54, 1.807) is 17.3 Å². The fourth-order valence-corrected chi connectivity index (χ4v) is 3.33. The highest BCUT2D eigenvalue weighted by atomic mass is 35.5. The van der Waals surface area contributed by atoms with E-state index in [4.69, 9.17) is 16.3 Å². The Hall–Kier alpha value is -2.37. The number of carbonyl (C=O) groups is 1. The summed E-state index contributed by atoms with van der Waals surface area (Å²) >= 11 is 7.35. The van der Waals surface area contributed by atoms with E-state index in [2.05, 4.69) is 4.98 Å². The normalized spacial score (nSPS) is 10.6. The molecule has 6 heteroatoms. The predicted octanol–water partition coefficient (Wildman–Crippen LogP) is 4.92. The van der Waals surface area contributed by atoms with E-state index < -0.39 is 0 Å². The minimum Gasteiger partial charge on any atom is -0.492 e. The van der Waals surface area contributed by atoms with Crippen LogP contribution >= 0.6 is 22.9 Å². The topological polar surface area (TPSA) is 42.4 Å². The number of hydrogen-bond donors (Lipinski definition) is 0. The summed E-state index contributed by atoms with van der Waals surface area (Å²) in [4.78, 5) is 18.6. The standard InChI is InChI=1S/C20H19ClN2O2S/c1-14-4-3-5-17(12-14)25-11-10-23(2)20(24)18-13-26-19(22-18)15-6-8-16(21)9-7-15/h3-9,12-13H,10-11H2,1-2H3. The molecule has 0 unspecified atom stereocenters. The van der Waals surface area contributed by atoms with Crippen molar-refractivity contribution in [3.63, 3.8) is 0 Å². The number of hydrogen-bond acceptors (Lipinski definition) is 4. The second-order valence-corrected chi connectivity index (χ2v) is 7.23. The van der Waals surface area contributed by atoms with Gasteiger partial charge in [0.15, 0.2) is 0 Å². The van der Waals surface area contributed by atoms with Gasteiger partial charge in [-0.05, 0) is 36.8 Å². The number of thiazole rings is 1. The Morgan fingerprint density at radius 3 is 2.73 bits per heavy atom. The average Bonchev–Trinajstić information content (AvgIpc) is 3.11. The number of aromatic nitrogens is 1. The van der Waals surface area contributed by atoms with Gasteiger partial charge in [0.2, 0.25) is 0 Å². The summed E-state index contributed by atoms with van der Waals surface area (Å²) in [6.07, 6.45) is 0. The molecule has 0 saturated heterocycles. The number of benzene rings is 2. The van der Waals surface area contributed by atoms with Crippen LogP contribution in [0.5, 0.6) is 5.75 Å². The van der Waals surface area contributed by atoms with Gasteiger partial charge in [0, 0.05) is 23.0 Å². The third-order valence-corrected chi connectivity index (χ3v) is 4.99. The molecule has 0 aliphatic rings. The number of likely N-dealkylation sites (N-methyl/N-ethyl adjacent to an activating group) is 1. The van der Waals surface area contributed by atoms with Crippen LogP contribution in [-0.4, -0.2) is 36.0 Å². The second-order valence-electron chi connectivity index (χ2n) is 5.94. The van der Waals surface area contributed by atoms with Crippen LogP contribution in [0, 0.1) is 6.92 Å². The molecular weight excluding hydrogens is 368 g/mol. The third kappa shape index (κ3) is 4.62. The predicted molar refractivity (Wildman–Crippen MR) is 106 cm³/mol. The zero-order chi connectivity index (χ0) is 18.5. The van der Waals surface area contributed by atoms with Crippen molar-refractivity contribution in [2.45, 2.75) is 6.92 Å². The van der Waals surface area contributed by atoms with Gasteiger partial charge < -0.3 is 9.64 Å². The molecule has 134 valence electrons. The van der Waals surface area contributed by atoms with Crippen molar-refractivity contribution < 1.29 is 9.53 Å². The zero-order valence-electron chi connectivity index (χ0n) is 14.6. The van der Waals surface area contributed by atoms with Gasteiger partial charge in [-0.3, -0.25) is 4.79 Å². The first kappa shape index (κ1) is 18.4. The molecule has 3 aromatic rings. The summed E-state index contributed by atoms with van der Waals surface area (Å²) in [5.74, 6) is 0.693. The molecule has 0 spiro atoms. The Balaban J connectivity index is 1.57.